The van der Waals surface area contributed by atoms with Crippen molar-refractivity contribution in [2.75, 3.05) is 14.1 Å². The van der Waals surface area contributed by atoms with Crippen LogP contribution in [0, 0.1) is 0 Å². The van der Waals surface area contributed by atoms with E-state index in [4.69, 9.17) is 5.73 Å². The van der Waals surface area contributed by atoms with Crippen LogP contribution >= 0.6 is 0 Å². The Labute approximate surface area is 63.6 Å². The largest absolute Gasteiger partial charge is 0.316 e. The predicted octanol–water partition coefficient (Wildman–Crippen LogP) is 0.178. The lowest BCUT2D eigenvalue weighted by molar-refractivity contribution is 0.223. The molecule has 0 radical (unpaired) electrons. The van der Waals surface area contributed by atoms with Crippen molar-refractivity contribution in [3.05, 3.63) is 0 Å². The maximum Gasteiger partial charge on any atom is 0.0601 e. The van der Waals surface area contributed by atoms with E-state index in [1.54, 1.807) is 0 Å². The standard InChI is InChI=1S/C7H19N3/c1-5-7(10(3)4)9-6(2)8/h6-7,9H,5,8H2,1-4H3. The van der Waals surface area contributed by atoms with Crippen LogP contribution < -0.4 is 11.1 Å². The first-order valence-electron chi connectivity index (χ1n) is 3.76. The first-order valence-corrected chi connectivity index (χ1v) is 3.76. The highest BCUT2D eigenvalue weighted by Gasteiger charge is 2.07. The molecule has 2 atom stereocenters. The summed E-state index contributed by atoms with van der Waals surface area (Å²) in [5.74, 6) is 0. The molecule has 0 spiro atoms. The van der Waals surface area contributed by atoms with Crippen molar-refractivity contribution in [1.82, 2.24) is 10.2 Å². The molecule has 0 bridgehead atoms. The molecule has 0 aliphatic rings. The quantitative estimate of drug-likeness (QED) is 0.554. The molecule has 0 aromatic heterocycles. The van der Waals surface area contributed by atoms with Crippen molar-refractivity contribution < 1.29 is 0 Å². The van der Waals surface area contributed by atoms with Gasteiger partial charge in [0.05, 0.1) is 12.3 Å². The lowest BCUT2D eigenvalue weighted by Crippen LogP contribution is -2.48. The Balaban J connectivity index is 3.60. The maximum atomic E-state index is 5.57. The van der Waals surface area contributed by atoms with Crippen LogP contribution in [0.3, 0.4) is 0 Å². The van der Waals surface area contributed by atoms with Crippen LogP contribution in [0.1, 0.15) is 20.3 Å². The summed E-state index contributed by atoms with van der Waals surface area (Å²) in [7, 11) is 4.09. The Bertz CT molecular complexity index is 80.9. The van der Waals surface area contributed by atoms with E-state index in [1.165, 1.54) is 0 Å². The number of nitrogens with two attached hydrogens (primary N) is 1. The molecular formula is C7H19N3. The Morgan fingerprint density at radius 3 is 2.10 bits per heavy atom. The number of rotatable bonds is 4. The van der Waals surface area contributed by atoms with Crippen molar-refractivity contribution >= 4 is 0 Å². The first-order chi connectivity index (χ1) is 4.57. The summed E-state index contributed by atoms with van der Waals surface area (Å²) in [6.45, 7) is 4.09. The number of hydrogen-bond acceptors (Lipinski definition) is 3. The highest BCUT2D eigenvalue weighted by atomic mass is 15.3. The van der Waals surface area contributed by atoms with Crippen LogP contribution in [0.2, 0.25) is 0 Å². The molecule has 0 aromatic rings. The summed E-state index contributed by atoms with van der Waals surface area (Å²) < 4.78 is 0. The molecule has 0 heterocycles. The Kier molecular flexibility index (Phi) is 4.60. The van der Waals surface area contributed by atoms with Gasteiger partial charge in [0.25, 0.3) is 0 Å². The predicted molar refractivity (Wildman–Crippen MR) is 44.6 cm³/mol. The SMILES string of the molecule is CCC(NC(C)N)N(C)C. The third kappa shape index (κ3) is 3.82. The lowest BCUT2D eigenvalue weighted by Gasteiger charge is -2.25. The van der Waals surface area contributed by atoms with Gasteiger partial charge in [0.2, 0.25) is 0 Å². The van der Waals surface area contributed by atoms with Gasteiger partial charge >= 0.3 is 0 Å². The minimum Gasteiger partial charge on any atom is -0.316 e. The second kappa shape index (κ2) is 4.66. The van der Waals surface area contributed by atoms with Crippen LogP contribution in [0.25, 0.3) is 0 Å². The number of nitrogens with zero attached hydrogens (tertiary/aromatic N) is 1. The highest BCUT2D eigenvalue weighted by molar-refractivity contribution is 4.62. The van der Waals surface area contributed by atoms with Crippen LogP contribution in [0.15, 0.2) is 0 Å². The van der Waals surface area contributed by atoms with E-state index < -0.39 is 0 Å². The first kappa shape index (κ1) is 9.88. The average molecular weight is 145 g/mol. The number of nitrogens with one attached hydrogen (secondary N) is 1. The van der Waals surface area contributed by atoms with Crippen LogP contribution in [0.4, 0.5) is 0 Å². The Morgan fingerprint density at radius 2 is 2.00 bits per heavy atom. The zero-order valence-electron chi connectivity index (χ0n) is 7.39. The number of hydrogen-bond donors (Lipinski definition) is 2. The van der Waals surface area contributed by atoms with Gasteiger partial charge in [-0.1, -0.05) is 6.92 Å². The van der Waals surface area contributed by atoms with Gasteiger partial charge in [-0.05, 0) is 27.4 Å². The monoisotopic (exact) mass is 145 g/mol. The Hall–Kier alpha value is -0.120. The van der Waals surface area contributed by atoms with Gasteiger partial charge in [0, 0.05) is 0 Å². The highest BCUT2D eigenvalue weighted by Crippen LogP contribution is 1.93. The van der Waals surface area contributed by atoms with E-state index in [-0.39, 0.29) is 6.17 Å². The van der Waals surface area contributed by atoms with Gasteiger partial charge in [0.1, 0.15) is 0 Å². The molecule has 10 heavy (non-hydrogen) atoms. The second-order valence-electron chi connectivity index (χ2n) is 2.84. The van der Waals surface area contributed by atoms with E-state index in [9.17, 15) is 0 Å². The van der Waals surface area contributed by atoms with E-state index >= 15 is 0 Å². The minimum absolute atomic E-state index is 0.0762. The molecule has 62 valence electrons. The summed E-state index contributed by atoms with van der Waals surface area (Å²) in [6.07, 6.45) is 1.56. The molecule has 0 saturated carbocycles. The lowest BCUT2D eigenvalue weighted by atomic mass is 10.3. The van der Waals surface area contributed by atoms with Gasteiger partial charge in [-0.2, -0.15) is 0 Å². The van der Waals surface area contributed by atoms with Gasteiger partial charge < -0.3 is 5.73 Å². The normalized spacial score (nSPS) is 17.4. The molecule has 0 aromatic carbocycles. The second-order valence-corrected chi connectivity index (χ2v) is 2.84. The molecule has 0 aliphatic heterocycles. The van der Waals surface area contributed by atoms with Crippen molar-refractivity contribution in [3.8, 4) is 0 Å². The minimum atomic E-state index is 0.0762. The van der Waals surface area contributed by atoms with Crippen LogP contribution in [0.5, 0.6) is 0 Å². The summed E-state index contributed by atoms with van der Waals surface area (Å²) in [6, 6.07) is 0. The molecule has 2 unspecified atom stereocenters. The fraction of sp³-hybridized carbons (Fsp3) is 1.00. The zero-order valence-corrected chi connectivity index (χ0v) is 7.39. The third-order valence-electron chi connectivity index (χ3n) is 1.47. The molecule has 0 fully saturated rings. The fourth-order valence-electron chi connectivity index (χ4n) is 0.936. The van der Waals surface area contributed by atoms with Crippen LogP contribution in [-0.4, -0.2) is 31.3 Å². The molecule has 3 heteroatoms. The molecule has 0 saturated heterocycles. The van der Waals surface area contributed by atoms with E-state index in [0.29, 0.717) is 6.17 Å². The molecule has 0 aliphatic carbocycles. The molecule has 3 N–H and O–H groups in total. The Morgan fingerprint density at radius 1 is 1.50 bits per heavy atom. The molecule has 0 amide bonds. The van der Waals surface area contributed by atoms with Crippen molar-refractivity contribution in [1.29, 1.82) is 0 Å². The van der Waals surface area contributed by atoms with Crippen LogP contribution in [-0.2, 0) is 0 Å². The smallest absolute Gasteiger partial charge is 0.0601 e. The van der Waals surface area contributed by atoms with E-state index in [1.807, 2.05) is 21.0 Å². The summed E-state index contributed by atoms with van der Waals surface area (Å²) in [4.78, 5) is 2.13. The van der Waals surface area contributed by atoms with Crippen molar-refractivity contribution in [2.24, 2.45) is 5.73 Å². The summed E-state index contributed by atoms with van der Waals surface area (Å²) in [5, 5.41) is 3.23. The van der Waals surface area contributed by atoms with Gasteiger partial charge in [-0.15, -0.1) is 0 Å². The molecule has 0 rings (SSSR count). The maximum absolute atomic E-state index is 5.57. The summed E-state index contributed by atoms with van der Waals surface area (Å²) in [5.41, 5.74) is 5.57. The van der Waals surface area contributed by atoms with E-state index in [0.717, 1.165) is 6.42 Å². The molecular weight excluding hydrogens is 126 g/mol. The average Bonchev–Trinajstić information content (AvgIpc) is 1.81. The van der Waals surface area contributed by atoms with Crippen molar-refractivity contribution in [3.63, 3.8) is 0 Å². The summed E-state index contributed by atoms with van der Waals surface area (Å²) >= 11 is 0. The molecule has 3 nitrogen and oxygen atoms in total. The third-order valence-corrected chi connectivity index (χ3v) is 1.47. The van der Waals surface area contributed by atoms with E-state index in [2.05, 4.69) is 17.1 Å². The van der Waals surface area contributed by atoms with Gasteiger partial charge in [-0.25, -0.2) is 0 Å². The fourth-order valence-corrected chi connectivity index (χ4v) is 0.936. The zero-order chi connectivity index (χ0) is 8.15. The topological polar surface area (TPSA) is 41.3 Å². The van der Waals surface area contributed by atoms with Crippen molar-refractivity contribution in [2.45, 2.75) is 32.6 Å². The van der Waals surface area contributed by atoms with Gasteiger partial charge in [-0.3, -0.25) is 10.2 Å². The van der Waals surface area contributed by atoms with Gasteiger partial charge in [0.15, 0.2) is 0 Å².